The number of hydrogen-bond donors (Lipinski definition) is 2. The molecule has 0 bridgehead atoms. The predicted molar refractivity (Wildman–Crippen MR) is 156 cm³/mol. The molecule has 1 amide bonds. The molecule has 2 N–H and O–H groups in total. The Morgan fingerprint density at radius 3 is 2.03 bits per heavy atom. The van der Waals surface area contributed by atoms with Crippen molar-refractivity contribution in [1.29, 1.82) is 0 Å². The topological polar surface area (TPSA) is 94.1 Å². The second-order valence-corrected chi connectivity index (χ2v) is 8.59. The fourth-order valence-electron chi connectivity index (χ4n) is 3.30. The van der Waals surface area contributed by atoms with Gasteiger partial charge < -0.3 is 24.6 Å². The van der Waals surface area contributed by atoms with Crippen LogP contribution in [0.15, 0.2) is 85.0 Å². The number of methoxy groups -OCH3 is 1. The number of amides is 1. The molecular formula is C32H45NO6. The fourth-order valence-corrected chi connectivity index (χ4v) is 3.30. The maximum atomic E-state index is 12.2. The SMILES string of the molecule is CCC=CCC=CCC=CCC=CCC=CCCCCOC(OC)C(=O)NCCOC(=O)c1ccccc1O. The Morgan fingerprint density at radius 2 is 1.44 bits per heavy atom. The number of para-hydroxylation sites is 1. The minimum Gasteiger partial charge on any atom is -0.507 e. The highest BCUT2D eigenvalue weighted by molar-refractivity contribution is 5.92. The zero-order valence-electron chi connectivity index (χ0n) is 23.4. The van der Waals surface area contributed by atoms with Gasteiger partial charge in [0, 0.05) is 7.11 Å². The van der Waals surface area contributed by atoms with E-state index in [1.165, 1.54) is 19.2 Å². The molecule has 0 aliphatic carbocycles. The van der Waals surface area contributed by atoms with E-state index in [2.05, 4.69) is 73.0 Å². The van der Waals surface area contributed by atoms with E-state index in [1.807, 2.05) is 0 Å². The standard InChI is InChI=1S/C32H45NO6/c1-3-4-5-6-7-8-9-10-11-12-13-14-15-16-17-18-19-22-26-39-32(37-2)30(35)33-25-27-38-31(36)28-23-20-21-24-29(28)34/h4-5,7-8,10-11,13-14,16-17,20-21,23-24,32,34H,3,6,9,12,15,18-19,22,25-27H2,1-2H3,(H,33,35). The zero-order chi connectivity index (χ0) is 28.4. The molecule has 1 unspecified atom stereocenters. The van der Waals surface area contributed by atoms with Crippen molar-refractivity contribution in [2.75, 3.05) is 26.9 Å². The largest absolute Gasteiger partial charge is 0.507 e. The molecule has 7 nitrogen and oxygen atoms in total. The predicted octanol–water partition coefficient (Wildman–Crippen LogP) is 6.58. The first-order valence-electron chi connectivity index (χ1n) is 13.7. The van der Waals surface area contributed by atoms with E-state index < -0.39 is 18.2 Å². The smallest absolute Gasteiger partial charge is 0.341 e. The van der Waals surface area contributed by atoms with Crippen molar-refractivity contribution < 1.29 is 28.9 Å². The van der Waals surface area contributed by atoms with Crippen LogP contribution in [0.5, 0.6) is 5.75 Å². The number of aromatic hydroxyl groups is 1. The summed E-state index contributed by atoms with van der Waals surface area (Å²) < 4.78 is 15.7. The lowest BCUT2D eigenvalue weighted by Gasteiger charge is -2.16. The summed E-state index contributed by atoms with van der Waals surface area (Å²) in [6.07, 6.45) is 28.4. The number of rotatable bonds is 21. The average Bonchev–Trinajstić information content (AvgIpc) is 2.94. The van der Waals surface area contributed by atoms with Crippen LogP contribution in [0.3, 0.4) is 0 Å². The number of nitrogens with one attached hydrogen (secondary N) is 1. The lowest BCUT2D eigenvalue weighted by molar-refractivity contribution is -0.165. The van der Waals surface area contributed by atoms with Crippen molar-refractivity contribution in [3.8, 4) is 5.75 Å². The van der Waals surface area contributed by atoms with Gasteiger partial charge in [0.25, 0.3) is 5.91 Å². The van der Waals surface area contributed by atoms with Crippen molar-refractivity contribution in [1.82, 2.24) is 5.32 Å². The number of carbonyl (C=O) groups is 2. The molecule has 0 aromatic heterocycles. The molecule has 0 spiro atoms. The molecule has 39 heavy (non-hydrogen) atoms. The van der Waals surface area contributed by atoms with Crippen LogP contribution in [0, 0.1) is 0 Å². The maximum Gasteiger partial charge on any atom is 0.341 e. The Hall–Kier alpha value is -3.42. The minimum absolute atomic E-state index is 0.0391. The number of esters is 1. The van der Waals surface area contributed by atoms with Gasteiger partial charge in [-0.3, -0.25) is 4.79 Å². The molecular weight excluding hydrogens is 494 g/mol. The molecule has 0 saturated heterocycles. The van der Waals surface area contributed by atoms with E-state index in [0.717, 1.165) is 51.4 Å². The van der Waals surface area contributed by atoms with E-state index >= 15 is 0 Å². The van der Waals surface area contributed by atoms with Gasteiger partial charge in [0.2, 0.25) is 6.29 Å². The third-order valence-corrected chi connectivity index (χ3v) is 5.38. The van der Waals surface area contributed by atoms with Gasteiger partial charge in [-0.25, -0.2) is 4.79 Å². The van der Waals surface area contributed by atoms with Gasteiger partial charge in [-0.05, 0) is 63.5 Å². The highest BCUT2D eigenvalue weighted by Crippen LogP contribution is 2.16. The first-order valence-corrected chi connectivity index (χ1v) is 13.7. The summed E-state index contributed by atoms with van der Waals surface area (Å²) in [5, 5.41) is 12.3. The third kappa shape index (κ3) is 17.7. The Kier molecular flexibility index (Phi) is 20.4. The summed E-state index contributed by atoms with van der Waals surface area (Å²) in [4.78, 5) is 24.1. The number of phenolic OH excluding ortho intramolecular Hbond substituents is 1. The van der Waals surface area contributed by atoms with Gasteiger partial charge in [-0.15, -0.1) is 0 Å². The van der Waals surface area contributed by atoms with Gasteiger partial charge >= 0.3 is 5.97 Å². The first-order chi connectivity index (χ1) is 19.1. The van der Waals surface area contributed by atoms with Crippen molar-refractivity contribution in [2.24, 2.45) is 0 Å². The molecule has 0 aliphatic heterocycles. The number of benzene rings is 1. The number of ether oxygens (including phenoxy) is 3. The molecule has 0 fully saturated rings. The number of carbonyl (C=O) groups excluding carboxylic acids is 2. The highest BCUT2D eigenvalue weighted by atomic mass is 16.7. The second-order valence-electron chi connectivity index (χ2n) is 8.59. The van der Waals surface area contributed by atoms with Crippen molar-refractivity contribution in [3.63, 3.8) is 0 Å². The van der Waals surface area contributed by atoms with Crippen LogP contribution in [0.4, 0.5) is 0 Å². The molecule has 7 heteroatoms. The zero-order valence-corrected chi connectivity index (χ0v) is 23.4. The molecule has 0 radical (unpaired) electrons. The normalized spacial score (nSPS) is 12.9. The van der Waals surface area contributed by atoms with Gasteiger partial charge in [0.15, 0.2) is 0 Å². The maximum absolute atomic E-state index is 12.2. The van der Waals surface area contributed by atoms with Crippen LogP contribution in [-0.4, -0.2) is 50.1 Å². The lowest BCUT2D eigenvalue weighted by Crippen LogP contribution is -2.39. The van der Waals surface area contributed by atoms with Gasteiger partial charge in [0.1, 0.15) is 17.9 Å². The molecule has 0 aliphatic rings. The molecule has 1 atom stereocenters. The Bertz CT molecular complexity index is 948. The summed E-state index contributed by atoms with van der Waals surface area (Å²) in [6, 6.07) is 6.11. The van der Waals surface area contributed by atoms with Crippen LogP contribution in [0.25, 0.3) is 0 Å². The van der Waals surface area contributed by atoms with Crippen LogP contribution >= 0.6 is 0 Å². The second kappa shape index (κ2) is 23.7. The molecule has 1 aromatic rings. The molecule has 0 saturated carbocycles. The van der Waals surface area contributed by atoms with Crippen molar-refractivity contribution >= 4 is 11.9 Å². The Morgan fingerprint density at radius 1 is 0.846 bits per heavy atom. The molecule has 214 valence electrons. The summed E-state index contributed by atoms with van der Waals surface area (Å²) in [7, 11) is 1.40. The van der Waals surface area contributed by atoms with Crippen LogP contribution in [0.2, 0.25) is 0 Å². The molecule has 0 heterocycles. The van der Waals surface area contributed by atoms with E-state index in [1.54, 1.807) is 12.1 Å². The number of allylic oxidation sites excluding steroid dienone is 10. The fraction of sp³-hybridized carbons (Fsp3) is 0.438. The van der Waals surface area contributed by atoms with Gasteiger partial charge in [-0.1, -0.05) is 79.8 Å². The molecule has 1 aromatic carbocycles. The number of phenols is 1. The van der Waals surface area contributed by atoms with Crippen molar-refractivity contribution in [2.45, 2.75) is 64.6 Å². The lowest BCUT2D eigenvalue weighted by atomic mass is 10.2. The van der Waals surface area contributed by atoms with E-state index in [9.17, 15) is 14.7 Å². The van der Waals surface area contributed by atoms with Gasteiger partial charge in [-0.2, -0.15) is 0 Å². The summed E-state index contributed by atoms with van der Waals surface area (Å²) in [5.74, 6) is -1.25. The highest BCUT2D eigenvalue weighted by Gasteiger charge is 2.18. The van der Waals surface area contributed by atoms with Crippen LogP contribution < -0.4 is 5.32 Å². The van der Waals surface area contributed by atoms with Gasteiger partial charge in [0.05, 0.1) is 13.2 Å². The minimum atomic E-state index is -1.02. The Balaban J connectivity index is 2.05. The Labute approximate surface area is 233 Å². The number of unbranched alkanes of at least 4 members (excludes halogenated alkanes) is 2. The van der Waals surface area contributed by atoms with Crippen molar-refractivity contribution in [3.05, 3.63) is 90.6 Å². The third-order valence-electron chi connectivity index (χ3n) is 5.38. The number of hydrogen-bond acceptors (Lipinski definition) is 6. The summed E-state index contributed by atoms with van der Waals surface area (Å²) >= 11 is 0. The summed E-state index contributed by atoms with van der Waals surface area (Å²) in [5.41, 5.74) is 0.0755. The van der Waals surface area contributed by atoms with E-state index in [-0.39, 0.29) is 24.5 Å². The quantitative estimate of drug-likeness (QED) is 0.0794. The van der Waals surface area contributed by atoms with Crippen LogP contribution in [0.1, 0.15) is 68.6 Å². The summed E-state index contributed by atoms with van der Waals surface area (Å²) in [6.45, 7) is 2.61. The first kappa shape index (κ1) is 33.6. The molecule has 1 rings (SSSR count). The van der Waals surface area contributed by atoms with Crippen LogP contribution in [-0.2, 0) is 19.0 Å². The average molecular weight is 540 g/mol. The van der Waals surface area contributed by atoms with E-state index in [4.69, 9.17) is 14.2 Å². The van der Waals surface area contributed by atoms with E-state index in [0.29, 0.717) is 6.61 Å². The monoisotopic (exact) mass is 539 g/mol.